The van der Waals surface area contributed by atoms with Gasteiger partial charge in [0, 0.05) is 12.6 Å². The van der Waals surface area contributed by atoms with Crippen LogP contribution < -0.4 is 10.1 Å². The van der Waals surface area contributed by atoms with Crippen molar-refractivity contribution in [3.8, 4) is 5.75 Å². The summed E-state index contributed by atoms with van der Waals surface area (Å²) in [5.74, 6) is 1.53. The van der Waals surface area contributed by atoms with Gasteiger partial charge in [0.05, 0.1) is 13.7 Å². The van der Waals surface area contributed by atoms with E-state index >= 15 is 0 Å². The Hall–Kier alpha value is -1.06. The van der Waals surface area contributed by atoms with Crippen LogP contribution in [0.1, 0.15) is 31.2 Å². The minimum Gasteiger partial charge on any atom is -0.497 e. The second-order valence-electron chi connectivity index (χ2n) is 5.39. The maximum atomic E-state index is 5.33. The third kappa shape index (κ3) is 3.03. The Balaban J connectivity index is 2.12. The lowest BCUT2D eigenvalue weighted by molar-refractivity contribution is 0.0946. The number of methoxy groups -OCH3 is 2. The van der Waals surface area contributed by atoms with Crippen LogP contribution in [0.3, 0.4) is 0 Å². The Bertz CT molecular complexity index is 390. The standard InChI is InChI=1S/C15H23NO2/c1-15(11-17-2)10-13(7-8-16-15)12-5-4-6-14(9-12)18-3/h4-6,9,13,16H,7-8,10-11H2,1-3H3. The first-order valence-corrected chi connectivity index (χ1v) is 6.55. The first-order valence-electron chi connectivity index (χ1n) is 6.55. The fourth-order valence-electron chi connectivity index (χ4n) is 2.87. The van der Waals surface area contributed by atoms with E-state index in [1.165, 1.54) is 12.0 Å². The molecule has 1 aliphatic heterocycles. The minimum atomic E-state index is 0.0841. The summed E-state index contributed by atoms with van der Waals surface area (Å²) in [6.07, 6.45) is 2.28. The van der Waals surface area contributed by atoms with Crippen molar-refractivity contribution in [3.63, 3.8) is 0 Å². The van der Waals surface area contributed by atoms with Crippen molar-refractivity contribution in [2.24, 2.45) is 0 Å². The van der Waals surface area contributed by atoms with Gasteiger partial charge in [0.1, 0.15) is 5.75 Å². The lowest BCUT2D eigenvalue weighted by Crippen LogP contribution is -2.51. The molecule has 0 bridgehead atoms. The van der Waals surface area contributed by atoms with Gasteiger partial charge in [-0.2, -0.15) is 0 Å². The van der Waals surface area contributed by atoms with Gasteiger partial charge in [-0.15, -0.1) is 0 Å². The smallest absolute Gasteiger partial charge is 0.119 e. The van der Waals surface area contributed by atoms with Gasteiger partial charge in [-0.25, -0.2) is 0 Å². The van der Waals surface area contributed by atoms with Crippen molar-refractivity contribution in [3.05, 3.63) is 29.8 Å². The van der Waals surface area contributed by atoms with Gasteiger partial charge in [0.15, 0.2) is 0 Å². The van der Waals surface area contributed by atoms with Gasteiger partial charge in [-0.1, -0.05) is 12.1 Å². The van der Waals surface area contributed by atoms with E-state index in [1.54, 1.807) is 14.2 Å². The average Bonchev–Trinajstić information content (AvgIpc) is 2.39. The highest BCUT2D eigenvalue weighted by Gasteiger charge is 2.32. The van der Waals surface area contributed by atoms with Crippen molar-refractivity contribution >= 4 is 0 Å². The van der Waals surface area contributed by atoms with Crippen LogP contribution in [-0.4, -0.2) is 32.9 Å². The molecule has 0 spiro atoms. The summed E-state index contributed by atoms with van der Waals surface area (Å²) in [6.45, 7) is 4.04. The van der Waals surface area contributed by atoms with Crippen molar-refractivity contribution in [2.75, 3.05) is 27.4 Å². The zero-order valence-corrected chi connectivity index (χ0v) is 11.5. The molecule has 1 fully saturated rings. The zero-order chi connectivity index (χ0) is 13.0. The fourth-order valence-corrected chi connectivity index (χ4v) is 2.87. The van der Waals surface area contributed by atoms with Crippen LogP contribution >= 0.6 is 0 Å². The molecular formula is C15H23NO2. The molecule has 1 aromatic rings. The molecule has 2 rings (SSSR count). The van der Waals surface area contributed by atoms with Crippen molar-refractivity contribution < 1.29 is 9.47 Å². The summed E-state index contributed by atoms with van der Waals surface area (Å²) in [5.41, 5.74) is 1.46. The third-order valence-electron chi connectivity index (χ3n) is 3.77. The van der Waals surface area contributed by atoms with E-state index in [0.717, 1.165) is 25.3 Å². The zero-order valence-electron chi connectivity index (χ0n) is 11.5. The van der Waals surface area contributed by atoms with Crippen molar-refractivity contribution in [1.29, 1.82) is 0 Å². The maximum absolute atomic E-state index is 5.33. The second-order valence-corrected chi connectivity index (χ2v) is 5.39. The molecule has 3 heteroatoms. The van der Waals surface area contributed by atoms with Gasteiger partial charge < -0.3 is 14.8 Å². The van der Waals surface area contributed by atoms with Crippen LogP contribution in [-0.2, 0) is 4.74 Å². The van der Waals surface area contributed by atoms with Crippen LogP contribution in [0, 0.1) is 0 Å². The van der Waals surface area contributed by atoms with E-state index in [4.69, 9.17) is 9.47 Å². The topological polar surface area (TPSA) is 30.5 Å². The molecule has 18 heavy (non-hydrogen) atoms. The SMILES string of the molecule is COCC1(C)CC(c2cccc(OC)c2)CCN1. The van der Waals surface area contributed by atoms with Crippen molar-refractivity contribution in [1.82, 2.24) is 5.32 Å². The van der Waals surface area contributed by atoms with Crippen LogP contribution in [0.15, 0.2) is 24.3 Å². The van der Waals surface area contributed by atoms with E-state index < -0.39 is 0 Å². The molecular weight excluding hydrogens is 226 g/mol. The molecule has 0 aliphatic carbocycles. The molecule has 2 unspecified atom stereocenters. The first-order chi connectivity index (χ1) is 8.67. The monoisotopic (exact) mass is 249 g/mol. The number of ether oxygens (including phenoxy) is 2. The third-order valence-corrected chi connectivity index (χ3v) is 3.77. The predicted octanol–water partition coefficient (Wildman–Crippen LogP) is 2.57. The molecule has 1 N–H and O–H groups in total. The summed E-state index contributed by atoms with van der Waals surface area (Å²) in [5, 5.41) is 3.57. The predicted molar refractivity (Wildman–Crippen MR) is 73.3 cm³/mol. The number of hydrogen-bond acceptors (Lipinski definition) is 3. The molecule has 0 saturated carbocycles. The maximum Gasteiger partial charge on any atom is 0.119 e. The number of rotatable bonds is 4. The number of benzene rings is 1. The Labute approximate surface area is 109 Å². The highest BCUT2D eigenvalue weighted by Crippen LogP contribution is 2.34. The summed E-state index contributed by atoms with van der Waals surface area (Å²) in [6, 6.07) is 8.43. The second kappa shape index (κ2) is 5.72. The molecule has 1 aliphatic rings. The van der Waals surface area contributed by atoms with E-state index in [2.05, 4.69) is 30.4 Å². The number of nitrogens with one attached hydrogen (secondary N) is 1. The fraction of sp³-hybridized carbons (Fsp3) is 0.600. The largest absolute Gasteiger partial charge is 0.497 e. The highest BCUT2D eigenvalue weighted by molar-refractivity contribution is 5.31. The first kappa shape index (κ1) is 13.4. The highest BCUT2D eigenvalue weighted by atomic mass is 16.5. The van der Waals surface area contributed by atoms with Gasteiger partial charge in [-0.3, -0.25) is 0 Å². The molecule has 3 nitrogen and oxygen atoms in total. The van der Waals surface area contributed by atoms with Crippen LogP contribution in [0.5, 0.6) is 5.75 Å². The van der Waals surface area contributed by atoms with Crippen molar-refractivity contribution in [2.45, 2.75) is 31.2 Å². The lowest BCUT2D eigenvalue weighted by Gasteiger charge is -2.39. The van der Waals surface area contributed by atoms with Gasteiger partial charge in [-0.05, 0) is 49.9 Å². The Morgan fingerprint density at radius 2 is 2.22 bits per heavy atom. The summed E-state index contributed by atoms with van der Waals surface area (Å²) < 4.78 is 10.6. The van der Waals surface area contributed by atoms with Gasteiger partial charge >= 0.3 is 0 Å². The summed E-state index contributed by atoms with van der Waals surface area (Å²) in [7, 11) is 3.48. The average molecular weight is 249 g/mol. The van der Waals surface area contributed by atoms with Crippen LogP contribution in [0.2, 0.25) is 0 Å². The molecule has 2 atom stereocenters. The lowest BCUT2D eigenvalue weighted by atomic mass is 9.80. The van der Waals surface area contributed by atoms with Gasteiger partial charge in [0.25, 0.3) is 0 Å². The summed E-state index contributed by atoms with van der Waals surface area (Å²) in [4.78, 5) is 0. The molecule has 1 aromatic carbocycles. The molecule has 1 saturated heterocycles. The van der Waals surface area contributed by atoms with E-state index in [9.17, 15) is 0 Å². The Morgan fingerprint density at radius 1 is 1.39 bits per heavy atom. The number of piperidine rings is 1. The molecule has 100 valence electrons. The quantitative estimate of drug-likeness (QED) is 0.889. The van der Waals surface area contributed by atoms with E-state index in [1.807, 2.05) is 6.07 Å². The van der Waals surface area contributed by atoms with Crippen LogP contribution in [0.4, 0.5) is 0 Å². The molecule has 0 radical (unpaired) electrons. The molecule has 0 aromatic heterocycles. The molecule has 0 amide bonds. The van der Waals surface area contributed by atoms with E-state index in [-0.39, 0.29) is 5.54 Å². The number of hydrogen-bond donors (Lipinski definition) is 1. The summed E-state index contributed by atoms with van der Waals surface area (Å²) >= 11 is 0. The van der Waals surface area contributed by atoms with E-state index in [0.29, 0.717) is 5.92 Å². The minimum absolute atomic E-state index is 0.0841. The van der Waals surface area contributed by atoms with Crippen LogP contribution in [0.25, 0.3) is 0 Å². The molecule has 1 heterocycles. The van der Waals surface area contributed by atoms with Gasteiger partial charge in [0.2, 0.25) is 0 Å². The Kier molecular flexibility index (Phi) is 4.25. The Morgan fingerprint density at radius 3 is 2.94 bits per heavy atom. The normalized spacial score (nSPS) is 28.1.